The van der Waals surface area contributed by atoms with E-state index in [1.807, 2.05) is 18.2 Å². The quantitative estimate of drug-likeness (QED) is 0.806. The number of nitriles is 1. The van der Waals surface area contributed by atoms with Crippen molar-refractivity contribution in [1.82, 2.24) is 0 Å². The lowest BCUT2D eigenvalue weighted by Gasteiger charge is -2.08. The second-order valence-corrected chi connectivity index (χ2v) is 4.76. The molecule has 1 atom stereocenters. The molecule has 0 aromatic heterocycles. The van der Waals surface area contributed by atoms with E-state index in [-0.39, 0.29) is 5.78 Å². The van der Waals surface area contributed by atoms with Gasteiger partial charge in [-0.25, -0.2) is 0 Å². The lowest BCUT2D eigenvalue weighted by molar-refractivity contribution is 0.0979. The maximum Gasteiger partial charge on any atom is 0.184 e. The van der Waals surface area contributed by atoms with Gasteiger partial charge in [-0.2, -0.15) is 5.26 Å². The second-order valence-electron chi connectivity index (χ2n) is 3.84. The standard InChI is InChI=1S/C15H10BrNO/c16-13-8-6-11(7-9-13)14(10-17)15(18)12-4-2-1-3-5-12/h1-9,14H. The highest BCUT2D eigenvalue weighted by atomic mass is 79.9. The van der Waals surface area contributed by atoms with Crippen molar-refractivity contribution < 1.29 is 4.79 Å². The summed E-state index contributed by atoms with van der Waals surface area (Å²) in [7, 11) is 0. The van der Waals surface area contributed by atoms with Crippen LogP contribution in [0.1, 0.15) is 21.8 Å². The number of Topliss-reactive ketones (excluding diaryl/α,β-unsaturated/α-hetero) is 1. The molecule has 0 aliphatic rings. The molecule has 0 N–H and O–H groups in total. The Kier molecular flexibility index (Phi) is 3.91. The Hall–Kier alpha value is -1.92. The topological polar surface area (TPSA) is 40.9 Å². The number of ketones is 1. The Morgan fingerprint density at radius 1 is 1.06 bits per heavy atom. The fourth-order valence-electron chi connectivity index (χ4n) is 1.71. The van der Waals surface area contributed by atoms with Crippen LogP contribution in [0.25, 0.3) is 0 Å². The maximum atomic E-state index is 12.2. The molecule has 0 aliphatic heterocycles. The van der Waals surface area contributed by atoms with E-state index in [2.05, 4.69) is 22.0 Å². The van der Waals surface area contributed by atoms with E-state index in [0.29, 0.717) is 5.56 Å². The van der Waals surface area contributed by atoms with Crippen molar-refractivity contribution in [3.8, 4) is 6.07 Å². The van der Waals surface area contributed by atoms with Crippen LogP contribution in [-0.4, -0.2) is 5.78 Å². The van der Waals surface area contributed by atoms with Crippen LogP contribution in [0, 0.1) is 11.3 Å². The number of carbonyl (C=O) groups excluding carboxylic acids is 1. The second kappa shape index (κ2) is 5.61. The van der Waals surface area contributed by atoms with Crippen molar-refractivity contribution in [2.75, 3.05) is 0 Å². The zero-order chi connectivity index (χ0) is 13.0. The predicted molar refractivity (Wildman–Crippen MR) is 73.3 cm³/mol. The van der Waals surface area contributed by atoms with E-state index in [1.54, 1.807) is 36.4 Å². The van der Waals surface area contributed by atoms with Gasteiger partial charge in [-0.1, -0.05) is 58.4 Å². The monoisotopic (exact) mass is 299 g/mol. The van der Waals surface area contributed by atoms with Crippen LogP contribution >= 0.6 is 15.9 Å². The van der Waals surface area contributed by atoms with Crippen LogP contribution < -0.4 is 0 Å². The van der Waals surface area contributed by atoms with Crippen LogP contribution in [-0.2, 0) is 0 Å². The van der Waals surface area contributed by atoms with Gasteiger partial charge in [0.15, 0.2) is 5.78 Å². The van der Waals surface area contributed by atoms with Crippen molar-refractivity contribution in [2.24, 2.45) is 0 Å². The third-order valence-electron chi connectivity index (χ3n) is 2.65. The van der Waals surface area contributed by atoms with E-state index >= 15 is 0 Å². The van der Waals surface area contributed by atoms with Crippen molar-refractivity contribution in [1.29, 1.82) is 5.26 Å². The van der Waals surface area contributed by atoms with Gasteiger partial charge < -0.3 is 0 Å². The summed E-state index contributed by atoms with van der Waals surface area (Å²) in [6.45, 7) is 0. The Morgan fingerprint density at radius 2 is 1.67 bits per heavy atom. The van der Waals surface area contributed by atoms with Crippen molar-refractivity contribution in [3.63, 3.8) is 0 Å². The number of hydrogen-bond donors (Lipinski definition) is 0. The number of hydrogen-bond acceptors (Lipinski definition) is 2. The zero-order valence-electron chi connectivity index (χ0n) is 9.51. The fraction of sp³-hybridized carbons (Fsp3) is 0.0667. The molecule has 0 saturated carbocycles. The smallest absolute Gasteiger partial charge is 0.184 e. The number of carbonyl (C=O) groups is 1. The van der Waals surface area contributed by atoms with E-state index < -0.39 is 5.92 Å². The Bertz CT molecular complexity index is 584. The van der Waals surface area contributed by atoms with Gasteiger partial charge in [0.25, 0.3) is 0 Å². The van der Waals surface area contributed by atoms with E-state index in [9.17, 15) is 10.1 Å². The zero-order valence-corrected chi connectivity index (χ0v) is 11.1. The largest absolute Gasteiger partial charge is 0.292 e. The molecule has 0 fully saturated rings. The van der Waals surface area contributed by atoms with Gasteiger partial charge in [0.2, 0.25) is 0 Å². The predicted octanol–water partition coefficient (Wildman–Crippen LogP) is 3.94. The molecule has 2 nitrogen and oxygen atoms in total. The first kappa shape index (κ1) is 12.5. The van der Waals surface area contributed by atoms with Gasteiger partial charge in [0, 0.05) is 10.0 Å². The molecule has 3 heteroatoms. The Balaban J connectivity index is 2.33. The van der Waals surface area contributed by atoms with Gasteiger partial charge in [-0.15, -0.1) is 0 Å². The van der Waals surface area contributed by atoms with Gasteiger partial charge in [0.1, 0.15) is 5.92 Å². The van der Waals surface area contributed by atoms with Gasteiger partial charge in [-0.3, -0.25) is 4.79 Å². The maximum absolute atomic E-state index is 12.2. The van der Waals surface area contributed by atoms with Crippen molar-refractivity contribution >= 4 is 21.7 Å². The van der Waals surface area contributed by atoms with E-state index in [1.165, 1.54) is 0 Å². The van der Waals surface area contributed by atoms with Gasteiger partial charge in [0.05, 0.1) is 6.07 Å². The summed E-state index contributed by atoms with van der Waals surface area (Å²) in [6, 6.07) is 18.2. The molecule has 88 valence electrons. The van der Waals surface area contributed by atoms with Crippen molar-refractivity contribution in [3.05, 3.63) is 70.2 Å². The summed E-state index contributed by atoms with van der Waals surface area (Å²) in [5.41, 5.74) is 1.28. The summed E-state index contributed by atoms with van der Waals surface area (Å²) in [6.07, 6.45) is 0. The van der Waals surface area contributed by atoms with Crippen LogP contribution in [0.3, 0.4) is 0 Å². The van der Waals surface area contributed by atoms with Gasteiger partial charge >= 0.3 is 0 Å². The molecular weight excluding hydrogens is 290 g/mol. The summed E-state index contributed by atoms with van der Waals surface area (Å²) >= 11 is 3.33. The fourth-order valence-corrected chi connectivity index (χ4v) is 1.97. The average Bonchev–Trinajstić information content (AvgIpc) is 2.42. The molecule has 0 saturated heterocycles. The summed E-state index contributed by atoms with van der Waals surface area (Å²) in [5.74, 6) is -0.916. The molecule has 2 rings (SSSR count). The third-order valence-corrected chi connectivity index (χ3v) is 3.18. The highest BCUT2D eigenvalue weighted by molar-refractivity contribution is 9.10. The normalized spacial score (nSPS) is 11.6. The molecule has 2 aromatic carbocycles. The van der Waals surface area contributed by atoms with Crippen LogP contribution in [0.5, 0.6) is 0 Å². The summed E-state index contributed by atoms with van der Waals surface area (Å²) in [5, 5.41) is 9.20. The molecule has 2 aromatic rings. The van der Waals surface area contributed by atoms with Gasteiger partial charge in [-0.05, 0) is 17.7 Å². The van der Waals surface area contributed by atoms with E-state index in [4.69, 9.17) is 0 Å². The SMILES string of the molecule is N#CC(C(=O)c1ccccc1)c1ccc(Br)cc1. The summed E-state index contributed by atoms with van der Waals surface area (Å²) < 4.78 is 0.926. The Morgan fingerprint density at radius 3 is 2.22 bits per heavy atom. The molecule has 0 radical (unpaired) electrons. The molecule has 0 heterocycles. The minimum atomic E-state index is -0.750. The van der Waals surface area contributed by atoms with Crippen LogP contribution in [0.4, 0.5) is 0 Å². The van der Waals surface area contributed by atoms with E-state index in [0.717, 1.165) is 10.0 Å². The average molecular weight is 300 g/mol. The lowest BCUT2D eigenvalue weighted by atomic mass is 9.92. The van der Waals surface area contributed by atoms with Crippen LogP contribution in [0.2, 0.25) is 0 Å². The number of benzene rings is 2. The highest BCUT2D eigenvalue weighted by Crippen LogP contribution is 2.22. The molecule has 0 bridgehead atoms. The summed E-state index contributed by atoms with van der Waals surface area (Å²) in [4.78, 5) is 12.2. The molecule has 1 unspecified atom stereocenters. The number of rotatable bonds is 3. The molecule has 0 aliphatic carbocycles. The molecule has 18 heavy (non-hydrogen) atoms. The minimum absolute atomic E-state index is 0.166. The first-order chi connectivity index (χ1) is 8.72. The molecular formula is C15H10BrNO. The number of nitrogens with zero attached hydrogens (tertiary/aromatic N) is 1. The highest BCUT2D eigenvalue weighted by Gasteiger charge is 2.21. The van der Waals surface area contributed by atoms with Crippen molar-refractivity contribution in [2.45, 2.75) is 5.92 Å². The first-order valence-electron chi connectivity index (χ1n) is 5.46. The number of halogens is 1. The molecule has 0 amide bonds. The molecule has 0 spiro atoms. The third kappa shape index (κ3) is 2.66. The Labute approximate surface area is 114 Å². The lowest BCUT2D eigenvalue weighted by Crippen LogP contribution is -2.10. The van der Waals surface area contributed by atoms with Crippen LogP contribution in [0.15, 0.2) is 59.1 Å². The minimum Gasteiger partial charge on any atom is -0.292 e. The first-order valence-corrected chi connectivity index (χ1v) is 6.26.